The van der Waals surface area contributed by atoms with Crippen LogP contribution in [0, 0.1) is 25.5 Å². The van der Waals surface area contributed by atoms with E-state index in [4.69, 9.17) is 32.4 Å². The number of ether oxygens (including phenoxy) is 1. The zero-order valence-electron chi connectivity index (χ0n) is 18.2. The Hall–Kier alpha value is -3.36. The Morgan fingerprint density at radius 2 is 1.76 bits per heavy atom. The second-order valence-corrected chi connectivity index (χ2v) is 8.34. The highest BCUT2D eigenvalue weighted by Crippen LogP contribution is 2.27. The van der Waals surface area contributed by atoms with Crippen LogP contribution in [0.2, 0.25) is 10.0 Å². The van der Waals surface area contributed by atoms with E-state index in [2.05, 4.69) is 10.4 Å². The first kappa shape index (κ1) is 23.8. The summed E-state index contributed by atoms with van der Waals surface area (Å²) in [6, 6.07) is 11.1. The Bertz CT molecular complexity index is 1370. The van der Waals surface area contributed by atoms with Crippen molar-refractivity contribution in [3.8, 4) is 5.75 Å². The number of amides is 1. The molecule has 176 valence electrons. The Balaban J connectivity index is 1.43. The van der Waals surface area contributed by atoms with Gasteiger partial charge in [0.05, 0.1) is 28.6 Å². The van der Waals surface area contributed by atoms with E-state index in [1.807, 2.05) is 0 Å². The molecule has 4 aromatic rings. The maximum Gasteiger partial charge on any atom is 0.291 e. The number of benzene rings is 2. The molecule has 0 radical (unpaired) electrons. The molecule has 2 aromatic carbocycles. The van der Waals surface area contributed by atoms with Crippen LogP contribution in [0.15, 0.2) is 52.9 Å². The summed E-state index contributed by atoms with van der Waals surface area (Å²) >= 11 is 12.1. The largest absolute Gasteiger partial charge is 0.484 e. The highest BCUT2D eigenvalue weighted by Gasteiger charge is 2.18. The number of nitrogens with zero attached hydrogens (tertiary/aromatic N) is 2. The summed E-state index contributed by atoms with van der Waals surface area (Å²) < 4.78 is 39.3. The molecule has 0 aliphatic rings. The van der Waals surface area contributed by atoms with Gasteiger partial charge >= 0.3 is 0 Å². The summed E-state index contributed by atoms with van der Waals surface area (Å²) in [7, 11) is 0. The van der Waals surface area contributed by atoms with E-state index < -0.39 is 17.5 Å². The summed E-state index contributed by atoms with van der Waals surface area (Å²) in [5.41, 5.74) is 2.54. The van der Waals surface area contributed by atoms with Crippen LogP contribution >= 0.6 is 23.2 Å². The number of hydrogen-bond donors (Lipinski definition) is 1. The molecule has 6 nitrogen and oxygen atoms in total. The number of nitrogens with one attached hydrogen (secondary N) is 1. The number of rotatable bonds is 7. The van der Waals surface area contributed by atoms with Gasteiger partial charge in [-0.25, -0.2) is 8.78 Å². The van der Waals surface area contributed by atoms with Gasteiger partial charge in [-0.2, -0.15) is 5.10 Å². The van der Waals surface area contributed by atoms with Crippen LogP contribution in [0.25, 0.3) is 0 Å². The van der Waals surface area contributed by atoms with Gasteiger partial charge in [0.1, 0.15) is 29.8 Å². The average Bonchev–Trinajstić information content (AvgIpc) is 3.35. The van der Waals surface area contributed by atoms with Crippen LogP contribution in [-0.4, -0.2) is 15.7 Å². The summed E-state index contributed by atoms with van der Waals surface area (Å²) in [6.07, 6.45) is 0. The lowest BCUT2D eigenvalue weighted by atomic mass is 10.2. The summed E-state index contributed by atoms with van der Waals surface area (Å²) in [4.78, 5) is 12.7. The standard InChI is InChI=1S/C24H19Cl2F2N3O3/c1-13-23(14(2)31(30-13)11-15-3-4-16(27)9-19(15)25)29-24(32)22-8-6-18(34-22)12-33-21-7-5-17(28)10-20(21)26/h3-10H,11-12H2,1-2H3,(H,29,32). The van der Waals surface area contributed by atoms with Crippen molar-refractivity contribution in [2.75, 3.05) is 5.32 Å². The normalized spacial score (nSPS) is 11.0. The minimum atomic E-state index is -0.469. The van der Waals surface area contributed by atoms with Crippen molar-refractivity contribution in [1.82, 2.24) is 9.78 Å². The molecule has 1 amide bonds. The smallest absolute Gasteiger partial charge is 0.291 e. The van der Waals surface area contributed by atoms with Crippen molar-refractivity contribution in [2.45, 2.75) is 27.0 Å². The Morgan fingerprint density at radius 3 is 2.47 bits per heavy atom. The van der Waals surface area contributed by atoms with Crippen LogP contribution < -0.4 is 10.1 Å². The minimum absolute atomic E-state index is 0.00699. The van der Waals surface area contributed by atoms with Crippen molar-refractivity contribution in [2.24, 2.45) is 0 Å². The third-order valence-corrected chi connectivity index (χ3v) is 5.75. The fourth-order valence-electron chi connectivity index (χ4n) is 3.34. The van der Waals surface area contributed by atoms with Gasteiger partial charge in [-0.1, -0.05) is 29.3 Å². The molecule has 10 heteroatoms. The second kappa shape index (κ2) is 9.87. The first-order valence-electron chi connectivity index (χ1n) is 10.2. The van der Waals surface area contributed by atoms with E-state index in [0.717, 1.165) is 6.07 Å². The third-order valence-electron chi connectivity index (χ3n) is 5.10. The van der Waals surface area contributed by atoms with Gasteiger partial charge in [0.15, 0.2) is 5.76 Å². The van der Waals surface area contributed by atoms with Gasteiger partial charge in [0.2, 0.25) is 0 Å². The van der Waals surface area contributed by atoms with Crippen molar-refractivity contribution < 1.29 is 22.7 Å². The fourth-order valence-corrected chi connectivity index (χ4v) is 3.79. The van der Waals surface area contributed by atoms with E-state index in [1.54, 1.807) is 30.7 Å². The molecule has 0 aliphatic carbocycles. The molecule has 0 saturated carbocycles. The fraction of sp³-hybridized carbons (Fsp3) is 0.167. The predicted octanol–water partition coefficient (Wildman–Crippen LogP) is 6.56. The van der Waals surface area contributed by atoms with Crippen LogP contribution in [0.4, 0.5) is 14.5 Å². The molecule has 0 saturated heterocycles. The number of carbonyl (C=O) groups is 1. The van der Waals surface area contributed by atoms with Gasteiger partial charge in [0, 0.05) is 5.02 Å². The van der Waals surface area contributed by atoms with Crippen LogP contribution in [0.5, 0.6) is 5.75 Å². The van der Waals surface area contributed by atoms with Crippen molar-refractivity contribution in [3.05, 3.63) is 98.7 Å². The van der Waals surface area contributed by atoms with Crippen molar-refractivity contribution in [3.63, 3.8) is 0 Å². The lowest BCUT2D eigenvalue weighted by molar-refractivity contribution is 0.0992. The highest BCUT2D eigenvalue weighted by molar-refractivity contribution is 6.32. The number of hydrogen-bond acceptors (Lipinski definition) is 4. The molecule has 0 spiro atoms. The molecular weight excluding hydrogens is 487 g/mol. The molecule has 0 fully saturated rings. The number of furan rings is 1. The van der Waals surface area contributed by atoms with E-state index in [0.29, 0.717) is 45.7 Å². The van der Waals surface area contributed by atoms with Crippen LogP contribution in [0.1, 0.15) is 33.3 Å². The lowest BCUT2D eigenvalue weighted by Gasteiger charge is -2.08. The third kappa shape index (κ3) is 5.24. The summed E-state index contributed by atoms with van der Waals surface area (Å²) in [5.74, 6) is -0.581. The maximum atomic E-state index is 13.3. The zero-order valence-corrected chi connectivity index (χ0v) is 19.7. The molecule has 0 aliphatic heterocycles. The van der Waals surface area contributed by atoms with Gasteiger partial charge in [-0.3, -0.25) is 9.48 Å². The molecule has 0 unspecified atom stereocenters. The molecule has 1 N–H and O–H groups in total. The number of anilines is 1. The van der Waals surface area contributed by atoms with Crippen LogP contribution in [-0.2, 0) is 13.2 Å². The first-order chi connectivity index (χ1) is 16.2. The van der Waals surface area contributed by atoms with Gasteiger partial charge in [-0.05, 0) is 61.9 Å². The summed E-state index contributed by atoms with van der Waals surface area (Å²) in [5, 5.41) is 7.70. The van der Waals surface area contributed by atoms with E-state index in [-0.39, 0.29) is 17.4 Å². The van der Waals surface area contributed by atoms with E-state index in [1.165, 1.54) is 30.3 Å². The van der Waals surface area contributed by atoms with Gasteiger partial charge in [-0.15, -0.1) is 0 Å². The maximum absolute atomic E-state index is 13.3. The molecule has 0 bridgehead atoms. The second-order valence-electron chi connectivity index (χ2n) is 7.52. The number of aromatic nitrogens is 2. The Kier molecular flexibility index (Phi) is 6.90. The quantitative estimate of drug-likeness (QED) is 0.308. The molecule has 34 heavy (non-hydrogen) atoms. The van der Waals surface area contributed by atoms with Crippen LogP contribution in [0.3, 0.4) is 0 Å². The zero-order chi connectivity index (χ0) is 24.4. The molecule has 2 aromatic heterocycles. The molecule has 0 atom stereocenters. The highest BCUT2D eigenvalue weighted by atomic mass is 35.5. The SMILES string of the molecule is Cc1nn(Cc2ccc(F)cc2Cl)c(C)c1NC(=O)c1ccc(COc2ccc(F)cc2Cl)o1. The molecule has 4 rings (SSSR count). The Morgan fingerprint density at radius 1 is 1.06 bits per heavy atom. The van der Waals surface area contributed by atoms with Crippen molar-refractivity contribution >= 4 is 34.8 Å². The molecular formula is C24H19Cl2F2N3O3. The Labute approximate surface area is 204 Å². The van der Waals surface area contributed by atoms with E-state index in [9.17, 15) is 13.6 Å². The van der Waals surface area contributed by atoms with Gasteiger partial charge < -0.3 is 14.5 Å². The monoisotopic (exact) mass is 505 g/mol. The lowest BCUT2D eigenvalue weighted by Crippen LogP contribution is -2.12. The average molecular weight is 506 g/mol. The summed E-state index contributed by atoms with van der Waals surface area (Å²) in [6.45, 7) is 3.89. The molecule has 2 heterocycles. The van der Waals surface area contributed by atoms with Crippen molar-refractivity contribution in [1.29, 1.82) is 0 Å². The first-order valence-corrected chi connectivity index (χ1v) is 10.9. The number of carbonyl (C=O) groups excluding carboxylic acids is 1. The predicted molar refractivity (Wildman–Crippen MR) is 125 cm³/mol. The van der Waals surface area contributed by atoms with Gasteiger partial charge in [0.25, 0.3) is 5.91 Å². The number of aryl methyl sites for hydroxylation is 1. The topological polar surface area (TPSA) is 69.3 Å². The minimum Gasteiger partial charge on any atom is -0.484 e. The van der Waals surface area contributed by atoms with E-state index >= 15 is 0 Å². The number of halogens is 4.